The summed E-state index contributed by atoms with van der Waals surface area (Å²) in [5.74, 6) is 0. The molecule has 1 aromatic carbocycles. The van der Waals surface area contributed by atoms with E-state index >= 15 is 0 Å². The summed E-state index contributed by atoms with van der Waals surface area (Å²) in [6, 6.07) is 4.98. The lowest BCUT2D eigenvalue weighted by molar-refractivity contribution is 0.573. The van der Waals surface area contributed by atoms with Crippen LogP contribution in [0.2, 0.25) is 0 Å². The van der Waals surface area contributed by atoms with E-state index < -0.39 is 10.0 Å². The van der Waals surface area contributed by atoms with E-state index in [2.05, 4.69) is 20.9 Å². The fraction of sp³-hybridized carbons (Fsp3) is 0.308. The first kappa shape index (κ1) is 14.4. The van der Waals surface area contributed by atoms with Crippen LogP contribution in [0.3, 0.4) is 0 Å². The predicted molar refractivity (Wildman–Crippen MR) is 79.5 cm³/mol. The number of hydrogen-bond acceptors (Lipinski definition) is 3. The quantitative estimate of drug-likeness (QED) is 0.865. The van der Waals surface area contributed by atoms with Crippen LogP contribution in [0, 0.1) is 0 Å². The van der Waals surface area contributed by atoms with E-state index in [1.807, 2.05) is 20.8 Å². The van der Waals surface area contributed by atoms with Crippen molar-refractivity contribution in [2.45, 2.75) is 31.1 Å². The van der Waals surface area contributed by atoms with Crippen LogP contribution in [-0.2, 0) is 15.4 Å². The Morgan fingerprint density at radius 1 is 1.21 bits per heavy atom. The number of benzene rings is 1. The maximum atomic E-state index is 11.8. The molecule has 0 fully saturated rings. The van der Waals surface area contributed by atoms with Gasteiger partial charge in [0.2, 0.25) is 10.0 Å². The number of sulfonamides is 1. The van der Waals surface area contributed by atoms with Crippen molar-refractivity contribution in [3.63, 3.8) is 0 Å². The van der Waals surface area contributed by atoms with Crippen LogP contribution in [0.1, 0.15) is 26.5 Å². The highest BCUT2D eigenvalue weighted by molar-refractivity contribution is 9.10. The highest BCUT2D eigenvalue weighted by Gasteiger charge is 2.24. The molecule has 6 heteroatoms. The van der Waals surface area contributed by atoms with Gasteiger partial charge in [0.25, 0.3) is 0 Å². The molecule has 0 saturated carbocycles. The molecule has 0 spiro atoms. The molecule has 0 aliphatic rings. The zero-order valence-corrected chi connectivity index (χ0v) is 13.3. The Balaban J connectivity index is 3.06. The molecule has 102 valence electrons. The van der Waals surface area contributed by atoms with Gasteiger partial charge in [0.1, 0.15) is 0 Å². The van der Waals surface area contributed by atoms with Gasteiger partial charge in [-0.05, 0) is 18.2 Å². The number of hydrogen-bond donors (Lipinski definition) is 1. The monoisotopic (exact) mass is 342 g/mol. The number of nitrogens with zero attached hydrogens (tertiary/aromatic N) is 1. The van der Waals surface area contributed by atoms with Gasteiger partial charge in [-0.3, -0.25) is 4.98 Å². The number of rotatable bonds is 1. The Morgan fingerprint density at radius 3 is 2.37 bits per heavy atom. The predicted octanol–water partition coefficient (Wildman–Crippen LogP) is 2.94. The molecule has 0 aliphatic heterocycles. The number of aromatic nitrogens is 1. The summed E-state index contributed by atoms with van der Waals surface area (Å²) in [7, 11) is -3.79. The Hall–Kier alpha value is -0.980. The molecule has 1 aromatic heterocycles. The van der Waals surface area contributed by atoms with Crippen molar-refractivity contribution >= 4 is 36.7 Å². The van der Waals surface area contributed by atoms with Crippen molar-refractivity contribution in [2.75, 3.05) is 0 Å². The van der Waals surface area contributed by atoms with Gasteiger partial charge in [-0.1, -0.05) is 36.7 Å². The minimum absolute atomic E-state index is 0.115. The first-order valence-corrected chi connectivity index (χ1v) is 8.07. The first-order chi connectivity index (χ1) is 8.62. The Morgan fingerprint density at radius 2 is 1.84 bits per heavy atom. The van der Waals surface area contributed by atoms with Crippen molar-refractivity contribution in [3.8, 4) is 0 Å². The number of primary sulfonamides is 1. The second kappa shape index (κ2) is 4.54. The van der Waals surface area contributed by atoms with Gasteiger partial charge in [-0.25, -0.2) is 13.6 Å². The highest BCUT2D eigenvalue weighted by atomic mass is 79.9. The number of fused-ring (bicyclic) bond motifs is 1. The fourth-order valence-corrected chi connectivity index (χ4v) is 3.25. The molecule has 2 N–H and O–H groups in total. The molecule has 0 radical (unpaired) electrons. The largest absolute Gasteiger partial charge is 0.260 e. The van der Waals surface area contributed by atoms with Crippen LogP contribution >= 0.6 is 15.9 Å². The van der Waals surface area contributed by atoms with Crippen molar-refractivity contribution < 1.29 is 8.42 Å². The fourth-order valence-electron chi connectivity index (χ4n) is 2.04. The summed E-state index contributed by atoms with van der Waals surface area (Å²) in [5.41, 5.74) is 0.440. The lowest BCUT2D eigenvalue weighted by atomic mass is 9.88. The molecule has 2 rings (SSSR count). The van der Waals surface area contributed by atoms with Gasteiger partial charge in [0.05, 0.1) is 10.6 Å². The average molecular weight is 343 g/mol. The van der Waals surface area contributed by atoms with Gasteiger partial charge in [0.15, 0.2) is 0 Å². The normalized spacial score (nSPS) is 12.9. The summed E-state index contributed by atoms with van der Waals surface area (Å²) in [4.78, 5) is 4.47. The summed E-state index contributed by atoms with van der Waals surface area (Å²) in [6.45, 7) is 5.97. The van der Waals surface area contributed by atoms with Crippen molar-refractivity contribution in [1.29, 1.82) is 0 Å². The number of nitrogens with two attached hydrogens (primary N) is 1. The summed E-state index contributed by atoms with van der Waals surface area (Å²) in [5, 5.41) is 6.70. The van der Waals surface area contributed by atoms with Gasteiger partial charge in [-0.15, -0.1) is 0 Å². The minimum atomic E-state index is -3.79. The van der Waals surface area contributed by atoms with Gasteiger partial charge >= 0.3 is 0 Å². The second-order valence-corrected chi connectivity index (χ2v) is 7.81. The van der Waals surface area contributed by atoms with E-state index in [1.54, 1.807) is 18.3 Å². The van der Waals surface area contributed by atoms with E-state index in [4.69, 9.17) is 5.14 Å². The smallest absolute Gasteiger partial charge is 0.238 e. The van der Waals surface area contributed by atoms with E-state index in [0.29, 0.717) is 5.39 Å². The molecule has 1 heterocycles. The number of halogens is 1. The summed E-state index contributed by atoms with van der Waals surface area (Å²) >= 11 is 3.44. The summed E-state index contributed by atoms with van der Waals surface area (Å²) in [6.07, 6.45) is 1.68. The third-order valence-electron chi connectivity index (χ3n) is 2.85. The Kier molecular flexibility index (Phi) is 3.45. The molecule has 2 aromatic rings. The maximum absolute atomic E-state index is 11.8. The molecule has 0 unspecified atom stereocenters. The van der Waals surface area contributed by atoms with E-state index in [9.17, 15) is 8.42 Å². The molecule has 0 atom stereocenters. The molecule has 0 amide bonds. The van der Waals surface area contributed by atoms with Crippen LogP contribution in [0.4, 0.5) is 0 Å². The number of pyridine rings is 1. The standard InChI is InChI=1S/C13H15BrN2O2S/c1-13(2,3)12-11-8(6-7-16-12)9(14)4-5-10(11)19(15,17)18/h4-7H,1-3H3,(H2,15,17,18). The first-order valence-electron chi connectivity index (χ1n) is 5.73. The third kappa shape index (κ3) is 2.66. The molecule has 19 heavy (non-hydrogen) atoms. The van der Waals surface area contributed by atoms with Gasteiger partial charge in [0, 0.05) is 26.9 Å². The summed E-state index contributed by atoms with van der Waals surface area (Å²) < 4.78 is 24.4. The van der Waals surface area contributed by atoms with Crippen LogP contribution in [0.25, 0.3) is 10.8 Å². The van der Waals surface area contributed by atoms with Gasteiger partial charge < -0.3 is 0 Å². The second-order valence-electron chi connectivity index (χ2n) is 5.42. The van der Waals surface area contributed by atoms with E-state index in [1.165, 1.54) is 6.07 Å². The van der Waals surface area contributed by atoms with E-state index in [-0.39, 0.29) is 10.3 Å². The Bertz CT molecular complexity index is 749. The van der Waals surface area contributed by atoms with Crippen LogP contribution in [-0.4, -0.2) is 13.4 Å². The molecule has 0 saturated heterocycles. The average Bonchev–Trinajstić information content (AvgIpc) is 2.26. The zero-order chi connectivity index (χ0) is 14.4. The van der Waals surface area contributed by atoms with Crippen LogP contribution in [0.5, 0.6) is 0 Å². The minimum Gasteiger partial charge on any atom is -0.260 e. The molecule has 4 nitrogen and oxygen atoms in total. The molecule has 0 aliphatic carbocycles. The highest BCUT2D eigenvalue weighted by Crippen LogP contribution is 2.35. The van der Waals surface area contributed by atoms with E-state index in [0.717, 1.165) is 15.6 Å². The van der Waals surface area contributed by atoms with Crippen molar-refractivity contribution in [3.05, 3.63) is 34.6 Å². The van der Waals surface area contributed by atoms with Crippen molar-refractivity contribution in [2.24, 2.45) is 5.14 Å². The maximum Gasteiger partial charge on any atom is 0.238 e. The lowest BCUT2D eigenvalue weighted by Gasteiger charge is -2.21. The van der Waals surface area contributed by atoms with Crippen LogP contribution in [0.15, 0.2) is 33.8 Å². The molecular weight excluding hydrogens is 328 g/mol. The van der Waals surface area contributed by atoms with Crippen molar-refractivity contribution in [1.82, 2.24) is 4.98 Å². The molecular formula is C13H15BrN2O2S. The molecule has 0 bridgehead atoms. The SMILES string of the molecule is CC(C)(C)c1nccc2c(Br)ccc(S(N)(=O)=O)c12. The van der Waals surface area contributed by atoms with Crippen LogP contribution < -0.4 is 5.14 Å². The topological polar surface area (TPSA) is 73.0 Å². The zero-order valence-electron chi connectivity index (χ0n) is 10.9. The third-order valence-corrected chi connectivity index (χ3v) is 4.50. The Labute approximate surface area is 121 Å². The van der Waals surface area contributed by atoms with Gasteiger partial charge in [-0.2, -0.15) is 0 Å². The lowest BCUT2D eigenvalue weighted by Crippen LogP contribution is -2.18.